The number of nitrogens with zero attached hydrogens (tertiary/aromatic N) is 1. The van der Waals surface area contributed by atoms with Gasteiger partial charge in [-0.1, -0.05) is 0 Å². The lowest BCUT2D eigenvalue weighted by Crippen LogP contribution is -2.51. The average molecular weight is 101 g/mol. The van der Waals surface area contributed by atoms with Crippen LogP contribution in [0.4, 0.5) is 0 Å². The lowest BCUT2D eigenvalue weighted by Gasteiger charge is -2.40. The predicted molar refractivity (Wildman–Crippen MR) is 27.8 cm³/mol. The van der Waals surface area contributed by atoms with Crippen LogP contribution >= 0.6 is 0 Å². The van der Waals surface area contributed by atoms with E-state index in [0.29, 0.717) is 6.04 Å². The molecule has 1 N–H and O–H groups in total. The van der Waals surface area contributed by atoms with Crippen LogP contribution in [0.2, 0.25) is 0 Å². The van der Waals surface area contributed by atoms with Crippen molar-refractivity contribution in [3.05, 3.63) is 0 Å². The number of hydrogen-bond donors (Lipinski definition) is 1. The molecule has 0 amide bonds. The fourth-order valence-electron chi connectivity index (χ4n) is 0.793. The van der Waals surface area contributed by atoms with Gasteiger partial charge in [-0.05, 0) is 14.0 Å². The van der Waals surface area contributed by atoms with Gasteiger partial charge in [0.05, 0.1) is 0 Å². The number of hydrogen-bond acceptors (Lipinski definition) is 2. The Kier molecular flexibility index (Phi) is 1.05. The topological polar surface area (TPSA) is 23.5 Å². The predicted octanol–water partition coefficient (Wildman–Crippen LogP) is 0.0288. The second kappa shape index (κ2) is 1.46. The maximum atomic E-state index is 8.81. The minimum absolute atomic E-state index is 0.157. The second-order valence-corrected chi connectivity index (χ2v) is 2.23. The molecule has 2 unspecified atom stereocenters. The van der Waals surface area contributed by atoms with Crippen LogP contribution in [-0.4, -0.2) is 29.3 Å². The van der Waals surface area contributed by atoms with Crippen LogP contribution in [0.3, 0.4) is 0 Å². The molecule has 1 fully saturated rings. The third-order valence-electron chi connectivity index (χ3n) is 1.72. The van der Waals surface area contributed by atoms with Crippen molar-refractivity contribution in [1.29, 1.82) is 0 Å². The summed E-state index contributed by atoms with van der Waals surface area (Å²) >= 11 is 0. The molecule has 1 rings (SSSR count). The van der Waals surface area contributed by atoms with Gasteiger partial charge < -0.3 is 5.11 Å². The smallest absolute Gasteiger partial charge is 0.108 e. The minimum Gasteiger partial charge on any atom is -0.378 e. The zero-order chi connectivity index (χ0) is 5.44. The molecule has 0 aromatic rings. The normalized spacial score (nSPS) is 43.3. The van der Waals surface area contributed by atoms with Crippen LogP contribution in [0.25, 0.3) is 0 Å². The Labute approximate surface area is 43.7 Å². The highest BCUT2D eigenvalue weighted by molar-refractivity contribution is 4.78. The van der Waals surface area contributed by atoms with E-state index in [1.165, 1.54) is 0 Å². The Balaban J connectivity index is 2.29. The number of likely N-dealkylation sites (tertiary alicyclic amines) is 1. The summed E-state index contributed by atoms with van der Waals surface area (Å²) < 4.78 is 0. The van der Waals surface area contributed by atoms with Gasteiger partial charge in [0.25, 0.3) is 0 Å². The first-order valence-electron chi connectivity index (χ1n) is 2.62. The Morgan fingerprint density at radius 2 is 2.29 bits per heavy atom. The fourth-order valence-corrected chi connectivity index (χ4v) is 0.793. The number of aliphatic hydroxyl groups excluding tert-OH is 1. The number of rotatable bonds is 0. The van der Waals surface area contributed by atoms with Gasteiger partial charge in [-0.2, -0.15) is 0 Å². The summed E-state index contributed by atoms with van der Waals surface area (Å²) in [6, 6.07) is 0.593. The zero-order valence-corrected chi connectivity index (χ0v) is 4.76. The zero-order valence-electron chi connectivity index (χ0n) is 4.76. The molecule has 7 heavy (non-hydrogen) atoms. The highest BCUT2D eigenvalue weighted by atomic mass is 16.3. The third kappa shape index (κ3) is 0.640. The summed E-state index contributed by atoms with van der Waals surface area (Å²) in [5.41, 5.74) is 0. The first-order chi connectivity index (χ1) is 3.22. The molecule has 0 saturated carbocycles. The van der Waals surface area contributed by atoms with Gasteiger partial charge >= 0.3 is 0 Å². The molecular formula is C5H11NO. The summed E-state index contributed by atoms with van der Waals surface area (Å²) in [7, 11) is 1.93. The maximum absolute atomic E-state index is 8.81. The van der Waals surface area contributed by atoms with E-state index in [4.69, 9.17) is 5.11 Å². The molecule has 42 valence electrons. The van der Waals surface area contributed by atoms with Crippen molar-refractivity contribution in [2.45, 2.75) is 25.6 Å². The molecule has 1 saturated heterocycles. The summed E-state index contributed by atoms with van der Waals surface area (Å²) in [6.45, 7) is 2.10. The van der Waals surface area contributed by atoms with Crippen molar-refractivity contribution in [1.82, 2.24) is 4.90 Å². The van der Waals surface area contributed by atoms with Crippen LogP contribution in [0, 0.1) is 0 Å². The van der Waals surface area contributed by atoms with E-state index >= 15 is 0 Å². The Hall–Kier alpha value is -0.0800. The van der Waals surface area contributed by atoms with Gasteiger partial charge in [-0.3, -0.25) is 4.90 Å². The van der Waals surface area contributed by atoms with Crippen LogP contribution in [0.5, 0.6) is 0 Å². The van der Waals surface area contributed by atoms with Gasteiger partial charge in [-0.15, -0.1) is 0 Å². The summed E-state index contributed by atoms with van der Waals surface area (Å²) in [5, 5.41) is 8.81. The van der Waals surface area contributed by atoms with Crippen LogP contribution in [0.15, 0.2) is 0 Å². The molecule has 2 atom stereocenters. The van der Waals surface area contributed by atoms with E-state index < -0.39 is 0 Å². The third-order valence-corrected chi connectivity index (χ3v) is 1.72. The molecule has 0 aliphatic carbocycles. The van der Waals surface area contributed by atoms with Gasteiger partial charge in [0.15, 0.2) is 0 Å². The van der Waals surface area contributed by atoms with Gasteiger partial charge in [0.1, 0.15) is 6.23 Å². The Morgan fingerprint density at radius 3 is 2.29 bits per heavy atom. The van der Waals surface area contributed by atoms with E-state index in [1.54, 1.807) is 0 Å². The quantitative estimate of drug-likeness (QED) is 0.465. The highest BCUT2D eigenvalue weighted by Gasteiger charge is 2.28. The van der Waals surface area contributed by atoms with Crippen LogP contribution in [0.1, 0.15) is 13.3 Å². The summed E-state index contributed by atoms with van der Waals surface area (Å²) in [6.07, 6.45) is 0.784. The molecule has 0 spiro atoms. The van der Waals surface area contributed by atoms with E-state index in [-0.39, 0.29) is 6.23 Å². The molecule has 1 heterocycles. The van der Waals surface area contributed by atoms with Crippen molar-refractivity contribution >= 4 is 0 Å². The second-order valence-electron chi connectivity index (χ2n) is 2.23. The molecule has 0 aromatic carbocycles. The van der Waals surface area contributed by atoms with Crippen molar-refractivity contribution in [2.75, 3.05) is 7.05 Å². The molecular weight excluding hydrogens is 90.1 g/mol. The molecule has 0 bridgehead atoms. The SMILES string of the molecule is CC1CC(O)N1C. The van der Waals surface area contributed by atoms with Crippen molar-refractivity contribution < 1.29 is 5.11 Å². The highest BCUT2D eigenvalue weighted by Crippen LogP contribution is 2.19. The molecule has 2 nitrogen and oxygen atoms in total. The first-order valence-corrected chi connectivity index (χ1v) is 2.62. The largest absolute Gasteiger partial charge is 0.378 e. The fraction of sp³-hybridized carbons (Fsp3) is 1.00. The Morgan fingerprint density at radius 1 is 1.71 bits per heavy atom. The lowest BCUT2D eigenvalue weighted by molar-refractivity contribution is -0.0947. The number of aliphatic hydroxyl groups is 1. The van der Waals surface area contributed by atoms with E-state index in [1.807, 2.05) is 11.9 Å². The van der Waals surface area contributed by atoms with Gasteiger partial charge in [0.2, 0.25) is 0 Å². The van der Waals surface area contributed by atoms with Crippen molar-refractivity contribution in [3.8, 4) is 0 Å². The molecule has 0 radical (unpaired) electrons. The molecule has 1 aliphatic heterocycles. The van der Waals surface area contributed by atoms with Gasteiger partial charge in [-0.25, -0.2) is 0 Å². The van der Waals surface area contributed by atoms with E-state index in [9.17, 15) is 0 Å². The average Bonchev–Trinajstić information content (AvgIpc) is 1.68. The first kappa shape index (κ1) is 5.06. The molecule has 2 heteroatoms. The van der Waals surface area contributed by atoms with Crippen molar-refractivity contribution in [3.63, 3.8) is 0 Å². The maximum Gasteiger partial charge on any atom is 0.108 e. The molecule has 1 aliphatic rings. The van der Waals surface area contributed by atoms with Crippen LogP contribution < -0.4 is 0 Å². The van der Waals surface area contributed by atoms with Gasteiger partial charge in [0, 0.05) is 12.5 Å². The Bertz CT molecular complexity index is 66.5. The minimum atomic E-state index is -0.157. The monoisotopic (exact) mass is 101 g/mol. The standard InChI is InChI=1S/C5H11NO/c1-4-3-5(7)6(4)2/h4-5,7H,3H2,1-2H3. The molecule has 0 aromatic heterocycles. The lowest BCUT2D eigenvalue weighted by atomic mass is 10.1. The summed E-state index contributed by atoms with van der Waals surface area (Å²) in [5.74, 6) is 0. The van der Waals surface area contributed by atoms with E-state index in [0.717, 1.165) is 6.42 Å². The van der Waals surface area contributed by atoms with E-state index in [2.05, 4.69) is 6.92 Å². The van der Waals surface area contributed by atoms with Crippen LogP contribution in [-0.2, 0) is 0 Å². The summed E-state index contributed by atoms with van der Waals surface area (Å²) in [4.78, 5) is 1.94. The van der Waals surface area contributed by atoms with Crippen molar-refractivity contribution in [2.24, 2.45) is 0 Å².